The van der Waals surface area contributed by atoms with Crippen LogP contribution in [0.1, 0.15) is 37.3 Å². The van der Waals surface area contributed by atoms with Gasteiger partial charge >= 0.3 is 0 Å². The molecule has 0 unspecified atom stereocenters. The molecule has 2 aromatic heterocycles. The van der Waals surface area contributed by atoms with Crippen molar-refractivity contribution in [1.82, 2.24) is 14.5 Å². The third-order valence-electron chi connectivity index (χ3n) is 6.39. The Morgan fingerprint density at radius 3 is 2.54 bits per heavy atom. The molecule has 4 N–H and O–H groups in total. The number of ether oxygens (including phenoxy) is 2. The highest BCUT2D eigenvalue weighted by Crippen LogP contribution is 2.40. The van der Waals surface area contributed by atoms with E-state index in [2.05, 4.69) is 21.7 Å². The highest BCUT2D eigenvalue weighted by atomic mass is 16.7. The number of H-pyrrole nitrogens is 1. The lowest BCUT2D eigenvalue weighted by Crippen LogP contribution is -2.13. The van der Waals surface area contributed by atoms with Crippen LogP contribution < -0.4 is 20.8 Å². The molecule has 0 fully saturated rings. The summed E-state index contributed by atoms with van der Waals surface area (Å²) in [6.45, 7) is 2.64. The number of carboxylic acid groups (broad SMARTS) is 1. The van der Waals surface area contributed by atoms with Crippen LogP contribution in [0, 0.1) is 0 Å². The Bertz CT molecular complexity index is 1480. The van der Waals surface area contributed by atoms with Gasteiger partial charge < -0.3 is 29.9 Å². The summed E-state index contributed by atoms with van der Waals surface area (Å²) in [7, 11) is 0. The second kappa shape index (κ2) is 9.42. The second-order valence-corrected chi connectivity index (χ2v) is 8.88. The quantitative estimate of drug-likeness (QED) is 0.410. The number of carboxylic acids is 1. The monoisotopic (exact) mass is 476 g/mol. The van der Waals surface area contributed by atoms with E-state index in [1.54, 1.807) is 0 Å². The van der Waals surface area contributed by atoms with Gasteiger partial charge in [-0.1, -0.05) is 0 Å². The third-order valence-corrected chi connectivity index (χ3v) is 6.39. The first-order valence-corrected chi connectivity index (χ1v) is 11.8. The van der Waals surface area contributed by atoms with Crippen LogP contribution in [0.25, 0.3) is 33.2 Å². The fourth-order valence-electron chi connectivity index (χ4n) is 4.82. The first-order chi connectivity index (χ1) is 16.9. The third kappa shape index (κ3) is 4.46. The smallest absolute Gasteiger partial charge is 0.300 e. The molecular weight excluding hydrogens is 448 g/mol. The number of aliphatic carboxylic acids is 1. The maximum Gasteiger partial charge on any atom is 0.300 e. The molecule has 0 radical (unpaired) electrons. The summed E-state index contributed by atoms with van der Waals surface area (Å²) in [5.74, 6) is 0.578. The summed E-state index contributed by atoms with van der Waals surface area (Å²) < 4.78 is 13.3. The van der Waals surface area contributed by atoms with Crippen LogP contribution in [-0.2, 0) is 24.2 Å². The Kier molecular flexibility index (Phi) is 6.17. The Balaban J connectivity index is 0.000000591. The van der Waals surface area contributed by atoms with Gasteiger partial charge in [0, 0.05) is 36.7 Å². The maximum absolute atomic E-state index is 13.1. The second-order valence-electron chi connectivity index (χ2n) is 8.88. The highest BCUT2D eigenvalue weighted by molar-refractivity contribution is 5.98. The molecule has 1 aliphatic heterocycles. The average Bonchev–Trinajstić information content (AvgIpc) is 3.43. The van der Waals surface area contributed by atoms with Gasteiger partial charge in [-0.3, -0.25) is 9.59 Å². The van der Waals surface area contributed by atoms with Crippen LogP contribution in [0.4, 0.5) is 0 Å². The molecule has 1 aliphatic carbocycles. The van der Waals surface area contributed by atoms with Gasteiger partial charge in [-0.2, -0.15) is 0 Å². The summed E-state index contributed by atoms with van der Waals surface area (Å²) in [6, 6.07) is 8.17. The minimum Gasteiger partial charge on any atom is -0.481 e. The first-order valence-electron chi connectivity index (χ1n) is 11.8. The Labute approximate surface area is 201 Å². The molecule has 182 valence electrons. The predicted octanol–water partition coefficient (Wildman–Crippen LogP) is 3.59. The lowest BCUT2D eigenvalue weighted by Gasteiger charge is -2.16. The van der Waals surface area contributed by atoms with Gasteiger partial charge in [0.2, 0.25) is 6.79 Å². The van der Waals surface area contributed by atoms with Gasteiger partial charge in [0.25, 0.3) is 11.5 Å². The van der Waals surface area contributed by atoms with Crippen molar-refractivity contribution in [3.05, 3.63) is 51.9 Å². The number of fused-ring (bicyclic) bond motifs is 4. The molecule has 0 saturated carbocycles. The Hall–Kier alpha value is -3.85. The molecule has 0 spiro atoms. The van der Waals surface area contributed by atoms with E-state index in [9.17, 15) is 4.79 Å². The van der Waals surface area contributed by atoms with E-state index in [1.165, 1.54) is 24.0 Å². The van der Waals surface area contributed by atoms with Gasteiger partial charge in [-0.25, -0.2) is 4.98 Å². The minimum atomic E-state index is -0.833. The Morgan fingerprint density at radius 2 is 1.83 bits per heavy atom. The summed E-state index contributed by atoms with van der Waals surface area (Å²) in [5, 5.41) is 8.34. The molecule has 0 amide bonds. The van der Waals surface area contributed by atoms with E-state index >= 15 is 0 Å². The number of nitrogens with two attached hydrogens (primary N) is 1. The van der Waals surface area contributed by atoms with Crippen molar-refractivity contribution in [2.24, 2.45) is 5.73 Å². The summed E-state index contributed by atoms with van der Waals surface area (Å²) in [5.41, 5.74) is 12.1. The van der Waals surface area contributed by atoms with E-state index < -0.39 is 5.97 Å². The summed E-state index contributed by atoms with van der Waals surface area (Å²) in [6.07, 6.45) is 7.38. The van der Waals surface area contributed by atoms with Gasteiger partial charge in [-0.15, -0.1) is 0 Å². The van der Waals surface area contributed by atoms with Crippen molar-refractivity contribution >= 4 is 27.9 Å². The molecular formula is C26H28N4O5. The van der Waals surface area contributed by atoms with E-state index in [0.29, 0.717) is 18.0 Å². The predicted molar refractivity (Wildman–Crippen MR) is 133 cm³/mol. The fourth-order valence-corrected chi connectivity index (χ4v) is 4.82. The molecule has 6 rings (SSSR count). The zero-order chi connectivity index (χ0) is 24.5. The van der Waals surface area contributed by atoms with Crippen LogP contribution in [0.3, 0.4) is 0 Å². The lowest BCUT2D eigenvalue weighted by molar-refractivity contribution is -0.134. The van der Waals surface area contributed by atoms with Crippen LogP contribution in [-0.4, -0.2) is 38.9 Å². The fraction of sp³-hybridized carbons (Fsp3) is 0.346. The topological polar surface area (TPSA) is 132 Å². The number of aromatic amines is 1. The van der Waals surface area contributed by atoms with Gasteiger partial charge in [0.05, 0.1) is 16.6 Å². The number of aromatic nitrogens is 3. The number of rotatable bonds is 4. The van der Waals surface area contributed by atoms with Crippen molar-refractivity contribution in [3.63, 3.8) is 0 Å². The summed E-state index contributed by atoms with van der Waals surface area (Å²) in [4.78, 5) is 30.0. The SMILES string of the molecule is CC(=O)O.NCCCn1cc(-c2nc3cc4c(cc3[nH]c2=O)CCCC4)c2cc3c(cc21)OCO3. The molecule has 9 heteroatoms. The van der Waals surface area contributed by atoms with E-state index in [4.69, 9.17) is 30.1 Å². The highest BCUT2D eigenvalue weighted by Gasteiger charge is 2.22. The van der Waals surface area contributed by atoms with Crippen LogP contribution in [0.2, 0.25) is 0 Å². The number of nitrogens with one attached hydrogen (secondary N) is 1. The standard InChI is InChI=1S/C24H24N4O3.C2H4O2/c25-6-3-7-28-12-17(16-10-21-22(11-20(16)28)31-13-30-21)23-24(29)27-19-9-15-5-2-1-4-14(15)8-18(19)26-23;1-2(3)4/h8-12H,1-7,13,25H2,(H,27,29);1H3,(H,3,4). The molecule has 0 saturated heterocycles. The molecule has 9 nitrogen and oxygen atoms in total. The molecule has 2 aliphatic rings. The number of hydrogen-bond acceptors (Lipinski definition) is 6. The van der Waals surface area contributed by atoms with E-state index in [1.807, 2.05) is 18.3 Å². The number of hydrogen-bond donors (Lipinski definition) is 3. The number of nitrogens with zero attached hydrogens (tertiary/aromatic N) is 2. The Morgan fingerprint density at radius 1 is 1.14 bits per heavy atom. The zero-order valence-corrected chi connectivity index (χ0v) is 19.6. The van der Waals surface area contributed by atoms with Gasteiger partial charge in [-0.05, 0) is 68.0 Å². The van der Waals surface area contributed by atoms with Crippen LogP contribution in [0.5, 0.6) is 11.5 Å². The normalized spacial score (nSPS) is 14.0. The first kappa shape index (κ1) is 22.9. The minimum absolute atomic E-state index is 0.182. The van der Waals surface area contributed by atoms with Crippen LogP contribution in [0.15, 0.2) is 35.3 Å². The molecule has 2 aromatic carbocycles. The van der Waals surface area contributed by atoms with Crippen LogP contribution >= 0.6 is 0 Å². The van der Waals surface area contributed by atoms with Crippen molar-refractivity contribution in [3.8, 4) is 22.8 Å². The number of carbonyl (C=O) groups is 1. The molecule has 0 atom stereocenters. The van der Waals surface area contributed by atoms with Crippen molar-refractivity contribution in [1.29, 1.82) is 0 Å². The van der Waals surface area contributed by atoms with E-state index in [-0.39, 0.29) is 12.4 Å². The molecule has 4 aromatic rings. The lowest BCUT2D eigenvalue weighted by atomic mass is 9.91. The maximum atomic E-state index is 13.1. The summed E-state index contributed by atoms with van der Waals surface area (Å²) >= 11 is 0. The molecule has 35 heavy (non-hydrogen) atoms. The van der Waals surface area contributed by atoms with Crippen molar-refractivity contribution in [2.45, 2.75) is 45.6 Å². The molecule has 3 heterocycles. The van der Waals surface area contributed by atoms with Gasteiger partial charge in [0.15, 0.2) is 11.5 Å². The number of aryl methyl sites for hydroxylation is 3. The number of benzene rings is 2. The van der Waals surface area contributed by atoms with Crippen molar-refractivity contribution in [2.75, 3.05) is 13.3 Å². The average molecular weight is 477 g/mol. The molecule has 0 bridgehead atoms. The largest absolute Gasteiger partial charge is 0.481 e. The van der Waals surface area contributed by atoms with Crippen molar-refractivity contribution < 1.29 is 19.4 Å². The van der Waals surface area contributed by atoms with Gasteiger partial charge in [0.1, 0.15) is 5.69 Å². The van der Waals surface area contributed by atoms with E-state index in [0.717, 1.165) is 66.0 Å². The zero-order valence-electron chi connectivity index (χ0n) is 19.6.